The van der Waals surface area contributed by atoms with Crippen molar-refractivity contribution in [2.75, 3.05) is 0 Å². The Kier molecular flexibility index (Phi) is 7.96. The van der Waals surface area contributed by atoms with Crippen LogP contribution in [-0.2, 0) is 0 Å². The third kappa shape index (κ3) is 7.06. The largest absolute Gasteiger partial charge is 0.358 e. The van der Waals surface area contributed by atoms with Gasteiger partial charge < -0.3 is 4.90 Å². The van der Waals surface area contributed by atoms with E-state index in [1.165, 1.54) is 96.3 Å². The van der Waals surface area contributed by atoms with Crippen LogP contribution in [0.3, 0.4) is 0 Å². The Hall–Kier alpha value is -0.200. The molecule has 3 heteroatoms. The van der Waals surface area contributed by atoms with E-state index in [4.69, 9.17) is 4.90 Å². The van der Waals surface area contributed by atoms with Crippen LogP contribution in [0.2, 0.25) is 11.1 Å². The lowest BCUT2D eigenvalue weighted by Crippen LogP contribution is -2.17. The fraction of sp³-hybridized carbons (Fsp3) is 0.944. The Labute approximate surface area is 134 Å². The lowest BCUT2D eigenvalue weighted by Gasteiger charge is -2.27. The second-order valence-corrected chi connectivity index (χ2v) is 7.98. The predicted octanol–water partition coefficient (Wildman–Crippen LogP) is 4.87. The molecule has 0 heterocycles. The van der Waals surface area contributed by atoms with E-state index in [1.807, 2.05) is 0 Å². The molecule has 0 bridgehead atoms. The molecule has 0 atom stereocenters. The zero-order valence-electron chi connectivity index (χ0n) is 14.4. The zero-order chi connectivity index (χ0) is 14.8. The maximum atomic E-state index is 4.94. The quantitative estimate of drug-likeness (QED) is 0.519. The molecule has 2 aliphatic rings. The van der Waals surface area contributed by atoms with E-state index in [0.29, 0.717) is 5.31 Å². The summed E-state index contributed by atoms with van der Waals surface area (Å²) in [7, 11) is 3.56. The molecule has 21 heavy (non-hydrogen) atoms. The number of hydrogen-bond acceptors (Lipinski definition) is 1. The van der Waals surface area contributed by atoms with Crippen LogP contribution in [0.5, 0.6) is 0 Å². The van der Waals surface area contributed by atoms with Crippen molar-refractivity contribution in [1.29, 1.82) is 0 Å². The highest BCUT2D eigenvalue weighted by Gasteiger charge is 2.22. The molecule has 0 unspecified atom stereocenters. The van der Waals surface area contributed by atoms with Gasteiger partial charge in [0, 0.05) is 0 Å². The Morgan fingerprint density at radius 3 is 1.81 bits per heavy atom. The Morgan fingerprint density at radius 1 is 0.762 bits per heavy atom. The van der Waals surface area contributed by atoms with E-state index in [9.17, 15) is 0 Å². The van der Waals surface area contributed by atoms with Gasteiger partial charge in [0.2, 0.25) is 0 Å². The van der Waals surface area contributed by atoms with Crippen LogP contribution in [0.1, 0.15) is 96.3 Å². The molecule has 0 aliphatic heterocycles. The maximum absolute atomic E-state index is 4.94. The lowest BCUT2D eigenvalue weighted by molar-refractivity contribution is 0.470. The van der Waals surface area contributed by atoms with Crippen LogP contribution in [-0.4, -0.2) is 21.5 Å². The molecule has 0 N–H and O–H groups in total. The van der Waals surface area contributed by atoms with Gasteiger partial charge in [0.1, 0.15) is 7.85 Å². The van der Waals surface area contributed by atoms with E-state index in [-0.39, 0.29) is 0 Å². The molecule has 2 rings (SSSR count). The van der Waals surface area contributed by atoms with Gasteiger partial charge >= 0.3 is 0 Å². The molecule has 0 aromatic rings. The first-order valence-corrected chi connectivity index (χ1v) is 9.79. The van der Waals surface area contributed by atoms with Crippen LogP contribution in [0.15, 0.2) is 4.90 Å². The molecule has 0 saturated heterocycles. The Morgan fingerprint density at radius 2 is 1.24 bits per heavy atom. The standard InChI is InChI=1S/C18H35B2N/c19-18(14-10-6-3-7-11-15-18)16-21-20-17-12-8-4-1-2-5-9-13-17/h16-17,20H,1-15,19H2/b21-16+. The monoisotopic (exact) mass is 287 g/mol. The third-order valence-electron chi connectivity index (χ3n) is 5.74. The maximum Gasteiger partial charge on any atom is 0.264 e. The van der Waals surface area contributed by atoms with Crippen LogP contribution in [0.25, 0.3) is 0 Å². The minimum absolute atomic E-state index is 0.402. The molecular formula is C18H35B2N. The molecule has 2 fully saturated rings. The van der Waals surface area contributed by atoms with E-state index >= 15 is 0 Å². The molecule has 2 aliphatic carbocycles. The van der Waals surface area contributed by atoms with E-state index in [1.54, 1.807) is 0 Å². The fourth-order valence-corrected chi connectivity index (χ4v) is 4.16. The summed E-state index contributed by atoms with van der Waals surface area (Å²) in [6, 6.07) is 0. The van der Waals surface area contributed by atoms with E-state index in [2.05, 4.69) is 14.1 Å². The van der Waals surface area contributed by atoms with Crippen molar-refractivity contribution in [3.05, 3.63) is 0 Å². The molecule has 118 valence electrons. The van der Waals surface area contributed by atoms with Crippen LogP contribution >= 0.6 is 0 Å². The lowest BCUT2D eigenvalue weighted by atomic mass is 9.62. The van der Waals surface area contributed by atoms with Crippen molar-refractivity contribution in [2.45, 2.75) is 107 Å². The van der Waals surface area contributed by atoms with Gasteiger partial charge in [0.05, 0.1) is 0 Å². The molecule has 0 spiro atoms. The average molecular weight is 287 g/mol. The second kappa shape index (κ2) is 9.74. The summed E-state index contributed by atoms with van der Waals surface area (Å²) in [4.78, 5) is 4.94. The van der Waals surface area contributed by atoms with Gasteiger partial charge in [-0.2, -0.15) is 0 Å². The highest BCUT2D eigenvalue weighted by molar-refractivity contribution is 6.38. The summed E-state index contributed by atoms with van der Waals surface area (Å²) < 4.78 is 0. The summed E-state index contributed by atoms with van der Waals surface area (Å²) in [6.45, 7) is 0. The average Bonchev–Trinajstić information content (AvgIpc) is 2.58. The highest BCUT2D eigenvalue weighted by atomic mass is 14.6. The topological polar surface area (TPSA) is 12.4 Å². The molecular weight excluding hydrogens is 252 g/mol. The van der Waals surface area contributed by atoms with Crippen molar-refractivity contribution < 1.29 is 0 Å². The first-order chi connectivity index (χ1) is 10.3. The Balaban J connectivity index is 1.78. The summed E-state index contributed by atoms with van der Waals surface area (Å²) in [5.74, 6) is 0.872. The fourth-order valence-electron chi connectivity index (χ4n) is 4.16. The van der Waals surface area contributed by atoms with Gasteiger partial charge in [-0.3, -0.25) is 0 Å². The van der Waals surface area contributed by atoms with Gasteiger partial charge in [0.25, 0.3) is 7.41 Å². The van der Waals surface area contributed by atoms with Gasteiger partial charge in [-0.25, -0.2) is 0 Å². The molecule has 2 saturated carbocycles. The molecule has 0 radical (unpaired) electrons. The number of hydrogen-bond donors (Lipinski definition) is 0. The molecule has 0 amide bonds. The molecule has 1 nitrogen and oxygen atoms in total. The number of rotatable bonds is 3. The van der Waals surface area contributed by atoms with Crippen molar-refractivity contribution >= 4 is 21.5 Å². The normalized spacial score (nSPS) is 26.3. The minimum atomic E-state index is 0.402. The van der Waals surface area contributed by atoms with E-state index in [0.717, 1.165) is 13.2 Å². The minimum Gasteiger partial charge on any atom is -0.358 e. The van der Waals surface area contributed by atoms with Crippen LogP contribution in [0, 0.1) is 0 Å². The summed E-state index contributed by atoms with van der Waals surface area (Å²) in [5.41, 5.74) is 0. The highest BCUT2D eigenvalue weighted by Crippen LogP contribution is 2.36. The summed E-state index contributed by atoms with van der Waals surface area (Å²) in [6.07, 6.45) is 23.8. The SMILES string of the molecule is BC1(/C=N/BC2CCCCCCCC2)CCCCCCC1. The smallest absolute Gasteiger partial charge is 0.264 e. The van der Waals surface area contributed by atoms with Crippen molar-refractivity contribution in [1.82, 2.24) is 0 Å². The predicted molar refractivity (Wildman–Crippen MR) is 99.9 cm³/mol. The van der Waals surface area contributed by atoms with Gasteiger partial charge in [-0.05, 0) is 17.3 Å². The summed E-state index contributed by atoms with van der Waals surface area (Å²) in [5, 5.41) is 0.402. The van der Waals surface area contributed by atoms with Crippen molar-refractivity contribution in [3.63, 3.8) is 0 Å². The van der Waals surface area contributed by atoms with Crippen molar-refractivity contribution in [3.8, 4) is 0 Å². The van der Waals surface area contributed by atoms with Crippen LogP contribution in [0.4, 0.5) is 0 Å². The Bertz CT molecular complexity index is 286. The summed E-state index contributed by atoms with van der Waals surface area (Å²) >= 11 is 0. The van der Waals surface area contributed by atoms with Gasteiger partial charge in [0.15, 0.2) is 0 Å². The molecule has 0 aromatic carbocycles. The van der Waals surface area contributed by atoms with Crippen molar-refractivity contribution in [2.24, 2.45) is 4.90 Å². The van der Waals surface area contributed by atoms with E-state index < -0.39 is 0 Å². The van der Waals surface area contributed by atoms with Gasteiger partial charge in [-0.15, -0.1) is 0 Å². The third-order valence-corrected chi connectivity index (χ3v) is 5.74. The zero-order valence-corrected chi connectivity index (χ0v) is 14.4. The second-order valence-electron chi connectivity index (χ2n) is 7.98. The number of nitrogens with zero attached hydrogens (tertiary/aromatic N) is 1. The molecule has 0 aromatic heterocycles. The first-order valence-electron chi connectivity index (χ1n) is 9.79. The first kappa shape index (κ1) is 17.2. The van der Waals surface area contributed by atoms with Gasteiger partial charge in [-0.1, -0.05) is 96.3 Å². The van der Waals surface area contributed by atoms with Crippen LogP contribution < -0.4 is 0 Å².